The number of primary amides is 2. The molecule has 2 fully saturated rings. The van der Waals surface area contributed by atoms with Crippen LogP contribution in [0.25, 0.3) is 0 Å². The van der Waals surface area contributed by atoms with Crippen molar-refractivity contribution in [2.45, 2.75) is 49.4 Å². The molecule has 6 aromatic rings. The molecule has 381 valence electrons. The van der Waals surface area contributed by atoms with Crippen molar-refractivity contribution in [1.82, 2.24) is 10.2 Å². The monoisotopic (exact) mass is 1670 g/mol. The number of amides is 2. The van der Waals surface area contributed by atoms with Crippen LogP contribution >= 0.6 is 116 Å². The summed E-state index contributed by atoms with van der Waals surface area (Å²) in [5.74, 6) is 1.90. The van der Waals surface area contributed by atoms with Crippen LogP contribution < -0.4 is 26.3 Å². The predicted molar refractivity (Wildman–Crippen MR) is 334 cm³/mol. The van der Waals surface area contributed by atoms with Crippen molar-refractivity contribution in [3.63, 3.8) is 0 Å². The first-order valence-corrected chi connectivity index (χ1v) is 47.6. The second kappa shape index (κ2) is 31.5. The van der Waals surface area contributed by atoms with E-state index in [1.807, 2.05) is 121 Å². The Morgan fingerprint density at radius 1 is 0.639 bits per heavy atom. The number of carbonyl (C=O) groups is 2. The van der Waals surface area contributed by atoms with Gasteiger partial charge in [-0.3, -0.25) is 9.59 Å². The van der Waals surface area contributed by atoms with Crippen LogP contribution in [0.1, 0.15) is 57.3 Å². The Balaban J connectivity index is 0.000000180. The van der Waals surface area contributed by atoms with Crippen LogP contribution in [-0.2, 0) is 60.5 Å². The Kier molecular flexibility index (Phi) is 26.4. The Labute approximate surface area is 501 Å². The van der Waals surface area contributed by atoms with Crippen LogP contribution in [0.5, 0.6) is 11.5 Å². The minimum absolute atomic E-state index is 0.137. The first-order chi connectivity index (χ1) is 35.0. The maximum absolute atomic E-state index is 13.2. The number of aryl methyl sites for hydroxylation is 1. The Bertz CT molecular complexity index is 2510. The molecule has 4 heterocycles. The number of hydrogen-bond acceptors (Lipinski definition) is 6. The van der Waals surface area contributed by atoms with Gasteiger partial charge in [0.2, 0.25) is 11.8 Å². The molecule has 0 saturated carbocycles. The third-order valence-electron chi connectivity index (χ3n) is 13.9. The SMILES string of the molecule is BrCCc1ccc2c(c1)CCO2.NC(=O)C(c1ccccc1)(c1ccccc1)C1CCN(CCc2ccc3c(c2)CCO3)C1.NC(=O)C(c1ccccc1)(c1ccccc1)C1CCNC1.[I][V]([I])[I].[I][V][I]. The number of hydrogen-bond donors (Lipinski definition) is 3. The average molecular weight is 1670 g/mol. The molecule has 0 radical (unpaired) electrons. The van der Waals surface area contributed by atoms with Crippen LogP contribution in [0.15, 0.2) is 158 Å². The van der Waals surface area contributed by atoms with E-state index in [0.29, 0.717) is 9.47 Å². The van der Waals surface area contributed by atoms with E-state index in [1.165, 1.54) is 22.3 Å². The molecular weight excluding hydrogens is 1610 g/mol. The van der Waals surface area contributed by atoms with Crippen molar-refractivity contribution in [3.05, 3.63) is 202 Å². The molecular formula is C56H61BrI5N4O4V2. The number of nitrogens with zero attached hydrogens (tertiary/aromatic N) is 1. The average Bonchev–Trinajstić information content (AvgIpc) is 4.26. The van der Waals surface area contributed by atoms with Crippen LogP contribution in [0.3, 0.4) is 0 Å². The first-order valence-electron chi connectivity index (χ1n) is 24.0. The van der Waals surface area contributed by atoms with Gasteiger partial charge in [-0.2, -0.15) is 0 Å². The molecule has 72 heavy (non-hydrogen) atoms. The number of likely N-dealkylation sites (tertiary alicyclic amines) is 1. The van der Waals surface area contributed by atoms with Gasteiger partial charge in [-0.15, -0.1) is 0 Å². The zero-order valence-electron chi connectivity index (χ0n) is 40.0. The number of nitrogens with two attached hydrogens (primary N) is 2. The molecule has 2 atom stereocenters. The quantitative estimate of drug-likeness (QED) is 0.0783. The van der Waals surface area contributed by atoms with Gasteiger partial charge in [-0.25, -0.2) is 0 Å². The standard InChI is InChI=1S/C28H30N2O2.C18H20N2O.C10H11BrO.5HI.2V/c29-27(31)28(23-7-3-1-4-8-23,24-9-5-2-6-10-24)25-14-17-30(20-25)16-13-21-11-12-26-22(19-21)15-18-32-26;19-17(21)18(16-11-12-20-13-16,14-7-3-1-4-8-14)15-9-5-2-6-10-15;11-5-3-8-1-2-10-9(7-8)4-6-12-10;;;;;;;/h1-12,19,25H,13-18,20H2,(H2,29,31);1-10,16,20H,11-13H2,(H2,19,21);1-2,7H,3-6H2;5*1H;;/q;;;;;;;;+2;+3/p-5. The fraction of sp³-hybridized carbons (Fsp3) is 0.321. The molecule has 2 saturated heterocycles. The number of ether oxygens (including phenoxy) is 2. The van der Waals surface area contributed by atoms with E-state index in [2.05, 4.69) is 162 Å². The molecule has 8 nitrogen and oxygen atoms in total. The van der Waals surface area contributed by atoms with Gasteiger partial charge in [0.25, 0.3) is 0 Å². The molecule has 2 amide bonds. The number of halogens is 6. The Morgan fingerprint density at radius 2 is 1.04 bits per heavy atom. The molecule has 0 aromatic heterocycles. The maximum atomic E-state index is 13.2. The Morgan fingerprint density at radius 3 is 1.42 bits per heavy atom. The Hall–Kier alpha value is -0.921. The molecule has 16 heteroatoms. The summed E-state index contributed by atoms with van der Waals surface area (Å²) in [6.45, 7) is 6.21. The zero-order chi connectivity index (χ0) is 51.4. The van der Waals surface area contributed by atoms with Crippen LogP contribution in [0.4, 0.5) is 0 Å². The van der Waals surface area contributed by atoms with Crippen molar-refractivity contribution in [2.75, 3.05) is 51.3 Å². The molecule has 2 unspecified atom stereocenters. The van der Waals surface area contributed by atoms with Gasteiger partial charge in [-0.1, -0.05) is 162 Å². The topological polar surface area (TPSA) is 120 Å². The van der Waals surface area contributed by atoms with Crippen molar-refractivity contribution in [1.29, 1.82) is 0 Å². The summed E-state index contributed by atoms with van der Waals surface area (Å²) >= 11 is 15.6. The minimum atomic E-state index is -0.817. The summed E-state index contributed by atoms with van der Waals surface area (Å²) < 4.78 is 11.1. The third-order valence-corrected chi connectivity index (χ3v) is 14.3. The molecule has 0 spiro atoms. The summed E-state index contributed by atoms with van der Waals surface area (Å²) in [6, 6.07) is 53.1. The predicted octanol–water partition coefficient (Wildman–Crippen LogP) is 13.0. The fourth-order valence-electron chi connectivity index (χ4n) is 10.7. The van der Waals surface area contributed by atoms with Crippen LogP contribution in [0, 0.1) is 11.8 Å². The van der Waals surface area contributed by atoms with E-state index in [9.17, 15) is 9.59 Å². The molecule has 5 N–H and O–H groups in total. The fourth-order valence-corrected chi connectivity index (χ4v) is 11.1. The molecule has 0 bridgehead atoms. The van der Waals surface area contributed by atoms with Gasteiger partial charge >= 0.3 is 114 Å². The zero-order valence-corrected chi connectivity index (χ0v) is 55.1. The van der Waals surface area contributed by atoms with Gasteiger partial charge in [0.05, 0.1) is 13.2 Å². The van der Waals surface area contributed by atoms with Crippen molar-refractivity contribution in [3.8, 4) is 11.5 Å². The summed E-state index contributed by atoms with van der Waals surface area (Å²) in [5, 5.41) is 4.40. The number of fused-ring (bicyclic) bond motifs is 2. The number of nitrogens with one attached hydrogen (secondary N) is 1. The van der Waals surface area contributed by atoms with Gasteiger partial charge in [-0.05, 0) is 114 Å². The number of benzene rings is 6. The third kappa shape index (κ3) is 16.1. The van der Waals surface area contributed by atoms with Gasteiger partial charge in [0.1, 0.15) is 22.3 Å². The van der Waals surface area contributed by atoms with Crippen molar-refractivity contribution in [2.24, 2.45) is 23.3 Å². The molecule has 10 rings (SSSR count). The summed E-state index contributed by atoms with van der Waals surface area (Å²) in [5.41, 5.74) is 20.0. The molecule has 4 aliphatic heterocycles. The van der Waals surface area contributed by atoms with Crippen LogP contribution in [0.2, 0.25) is 0 Å². The second-order valence-corrected chi connectivity index (χ2v) is 65.8. The summed E-state index contributed by atoms with van der Waals surface area (Å²) in [6.07, 6.45) is 6.08. The number of carbonyl (C=O) groups excluding carboxylic acids is 2. The van der Waals surface area contributed by atoms with E-state index in [0.717, 1.165) is 124 Å². The van der Waals surface area contributed by atoms with Crippen molar-refractivity contribution < 1.29 is 33.4 Å². The van der Waals surface area contributed by atoms with Crippen LogP contribution in [-0.4, -0.2) is 68.0 Å². The van der Waals surface area contributed by atoms with E-state index in [1.54, 1.807) is 0 Å². The normalized spacial score (nSPS) is 16.6. The molecule has 4 aliphatic rings. The number of rotatable bonds is 13. The molecule has 6 aromatic carbocycles. The summed E-state index contributed by atoms with van der Waals surface area (Å²) in [4.78, 5) is 28.0. The number of alkyl halides is 1. The van der Waals surface area contributed by atoms with Gasteiger partial charge in [0.15, 0.2) is 0 Å². The van der Waals surface area contributed by atoms with Crippen molar-refractivity contribution >= 4 is 128 Å². The summed E-state index contributed by atoms with van der Waals surface area (Å²) in [7, 11) is 0.628. The van der Waals surface area contributed by atoms with Gasteiger partial charge < -0.3 is 31.2 Å². The molecule has 0 aliphatic carbocycles. The van der Waals surface area contributed by atoms with E-state index in [-0.39, 0.29) is 28.6 Å². The van der Waals surface area contributed by atoms with E-state index < -0.39 is 10.8 Å². The van der Waals surface area contributed by atoms with E-state index >= 15 is 0 Å². The van der Waals surface area contributed by atoms with E-state index in [4.69, 9.17) is 20.9 Å². The van der Waals surface area contributed by atoms with Gasteiger partial charge in [0, 0.05) is 31.3 Å². The first kappa shape index (κ1) is 60.3. The second-order valence-electron chi connectivity index (χ2n) is 17.8.